The van der Waals surface area contributed by atoms with Crippen molar-refractivity contribution in [1.29, 1.82) is 0 Å². The first kappa shape index (κ1) is 20.3. The van der Waals surface area contributed by atoms with Crippen molar-refractivity contribution in [3.05, 3.63) is 76.0 Å². The normalized spacial score (nSPS) is 12.7. The van der Waals surface area contributed by atoms with Gasteiger partial charge < -0.3 is 10.1 Å². The van der Waals surface area contributed by atoms with Crippen molar-refractivity contribution in [2.24, 2.45) is 0 Å². The van der Waals surface area contributed by atoms with E-state index in [1.807, 2.05) is 0 Å². The van der Waals surface area contributed by atoms with E-state index < -0.39 is 35.8 Å². The van der Waals surface area contributed by atoms with Crippen molar-refractivity contribution >= 4 is 17.6 Å². The Hall–Kier alpha value is -4.02. The van der Waals surface area contributed by atoms with Gasteiger partial charge in [0.2, 0.25) is 5.91 Å². The van der Waals surface area contributed by atoms with Crippen LogP contribution in [0.5, 0.6) is 5.75 Å². The Morgan fingerprint density at radius 2 is 1.90 bits per heavy atom. The lowest BCUT2D eigenvalue weighted by molar-refractivity contribution is -0.122. The van der Waals surface area contributed by atoms with Crippen LogP contribution in [0.15, 0.2) is 47.3 Å². The fourth-order valence-electron chi connectivity index (χ4n) is 3.19. The number of hydrogen-bond acceptors (Lipinski definition) is 5. The molecule has 2 amide bonds. The van der Waals surface area contributed by atoms with Crippen molar-refractivity contribution in [2.45, 2.75) is 19.6 Å². The van der Waals surface area contributed by atoms with E-state index in [4.69, 9.17) is 4.74 Å². The molecule has 1 aliphatic rings. The van der Waals surface area contributed by atoms with E-state index in [1.54, 1.807) is 24.3 Å². The van der Waals surface area contributed by atoms with Crippen LogP contribution in [0.1, 0.15) is 11.4 Å². The van der Waals surface area contributed by atoms with E-state index in [0.29, 0.717) is 17.5 Å². The molecule has 9 nitrogen and oxygen atoms in total. The van der Waals surface area contributed by atoms with E-state index >= 15 is 0 Å². The van der Waals surface area contributed by atoms with E-state index in [9.17, 15) is 23.2 Å². The molecular formula is C20H17F2N5O4. The predicted octanol–water partition coefficient (Wildman–Crippen LogP) is 1.64. The Bertz CT molecular complexity index is 1220. The summed E-state index contributed by atoms with van der Waals surface area (Å²) in [4.78, 5) is 38.8. The molecule has 1 aliphatic heterocycles. The molecule has 0 radical (unpaired) electrons. The number of carbonyl (C=O) groups excluding carboxylic acids is 2. The van der Waals surface area contributed by atoms with Crippen molar-refractivity contribution < 1.29 is 23.1 Å². The summed E-state index contributed by atoms with van der Waals surface area (Å²) in [5, 5.41) is 6.51. The van der Waals surface area contributed by atoms with Crippen LogP contribution in [0, 0.1) is 11.6 Å². The molecule has 3 aromatic rings. The van der Waals surface area contributed by atoms with Gasteiger partial charge in [-0.25, -0.2) is 23.1 Å². The van der Waals surface area contributed by atoms with E-state index in [-0.39, 0.29) is 24.5 Å². The fourth-order valence-corrected chi connectivity index (χ4v) is 3.19. The largest absolute Gasteiger partial charge is 0.497 e. The Morgan fingerprint density at radius 1 is 1.16 bits per heavy atom. The molecule has 2 aromatic carbocycles. The molecule has 160 valence electrons. The van der Waals surface area contributed by atoms with Crippen LogP contribution in [-0.4, -0.2) is 33.4 Å². The smallest absolute Gasteiger partial charge is 0.354 e. The number of nitrogens with zero attached hydrogens (tertiary/aromatic N) is 4. The number of halogens is 2. The van der Waals surface area contributed by atoms with Gasteiger partial charge in [-0.1, -0.05) is 6.07 Å². The predicted molar refractivity (Wildman–Crippen MR) is 105 cm³/mol. The van der Waals surface area contributed by atoms with Gasteiger partial charge >= 0.3 is 11.7 Å². The molecule has 0 fully saturated rings. The third-order valence-corrected chi connectivity index (χ3v) is 4.80. The highest BCUT2D eigenvalue weighted by atomic mass is 19.1. The number of nitrogens with one attached hydrogen (secondary N) is 1. The molecule has 31 heavy (non-hydrogen) atoms. The van der Waals surface area contributed by atoms with Crippen LogP contribution < -0.4 is 20.6 Å². The number of benzene rings is 2. The minimum absolute atomic E-state index is 0.0653. The second kappa shape index (κ2) is 8.01. The number of ether oxygens (including phenoxy) is 1. The quantitative estimate of drug-likeness (QED) is 0.642. The van der Waals surface area contributed by atoms with Gasteiger partial charge in [-0.05, 0) is 30.3 Å². The number of hydrogen-bond donors (Lipinski definition) is 1. The topological polar surface area (TPSA) is 98.5 Å². The molecule has 11 heteroatoms. The van der Waals surface area contributed by atoms with Gasteiger partial charge in [-0.15, -0.1) is 0 Å². The Balaban J connectivity index is 1.43. The van der Waals surface area contributed by atoms with Crippen LogP contribution in [0.3, 0.4) is 0 Å². The lowest BCUT2D eigenvalue weighted by atomic mass is 10.2. The average molecular weight is 429 g/mol. The lowest BCUT2D eigenvalue weighted by Gasteiger charge is -2.15. The number of rotatable bonds is 6. The summed E-state index contributed by atoms with van der Waals surface area (Å²) in [6.45, 7) is -0.565. The summed E-state index contributed by atoms with van der Waals surface area (Å²) in [7, 11) is 1.53. The van der Waals surface area contributed by atoms with Gasteiger partial charge in [0.05, 0.1) is 13.7 Å². The molecule has 0 spiro atoms. The summed E-state index contributed by atoms with van der Waals surface area (Å²) in [5.41, 5.74) is -0.0832. The highest BCUT2D eigenvalue weighted by molar-refractivity contribution is 5.96. The molecule has 4 rings (SSSR count). The Morgan fingerprint density at radius 3 is 2.55 bits per heavy atom. The Kier molecular flexibility index (Phi) is 5.24. The van der Waals surface area contributed by atoms with Crippen LogP contribution in [0.4, 0.5) is 19.3 Å². The van der Waals surface area contributed by atoms with Gasteiger partial charge in [-0.2, -0.15) is 9.67 Å². The van der Waals surface area contributed by atoms with Gasteiger partial charge in [0.1, 0.15) is 23.9 Å². The lowest BCUT2D eigenvalue weighted by Crippen LogP contribution is -2.37. The number of anilines is 1. The Labute approximate surface area is 174 Å². The molecule has 2 heterocycles. The molecule has 0 unspecified atom stereocenters. The van der Waals surface area contributed by atoms with E-state index in [2.05, 4.69) is 10.4 Å². The average Bonchev–Trinajstić information content (AvgIpc) is 3.23. The zero-order chi connectivity index (χ0) is 22.1. The maximum Gasteiger partial charge on any atom is 0.354 e. The number of fused-ring (bicyclic) bond motifs is 1. The maximum atomic E-state index is 13.7. The maximum absolute atomic E-state index is 13.7. The van der Waals surface area contributed by atoms with Crippen LogP contribution in [-0.2, 0) is 24.4 Å². The molecule has 0 atom stereocenters. The molecule has 0 bridgehead atoms. The highest BCUT2D eigenvalue weighted by Crippen LogP contribution is 2.24. The molecule has 1 aromatic heterocycles. The first-order valence-corrected chi connectivity index (χ1v) is 9.22. The monoisotopic (exact) mass is 429 g/mol. The minimum Gasteiger partial charge on any atom is -0.497 e. The van der Waals surface area contributed by atoms with Crippen molar-refractivity contribution in [3.8, 4) is 5.75 Å². The third-order valence-electron chi connectivity index (χ3n) is 4.80. The van der Waals surface area contributed by atoms with Crippen LogP contribution in [0.25, 0.3) is 0 Å². The van der Waals surface area contributed by atoms with Crippen molar-refractivity contribution in [3.63, 3.8) is 0 Å². The SMILES string of the molecule is COc1ccc(N2Cc3nn(CC(=O)NCc4ccc(F)cc4F)c(=O)n3C2=O)cc1. The number of carbonyl (C=O) groups is 2. The second-order valence-electron chi connectivity index (χ2n) is 6.77. The van der Waals surface area contributed by atoms with Gasteiger partial charge in [0.15, 0.2) is 5.82 Å². The van der Waals surface area contributed by atoms with E-state index in [0.717, 1.165) is 15.3 Å². The minimum atomic E-state index is -0.789. The van der Waals surface area contributed by atoms with Crippen molar-refractivity contribution in [1.82, 2.24) is 19.7 Å². The number of methoxy groups -OCH3 is 1. The number of aromatic nitrogens is 3. The summed E-state index contributed by atoms with van der Waals surface area (Å²) in [5.74, 6) is -1.30. The third kappa shape index (κ3) is 3.89. The van der Waals surface area contributed by atoms with Gasteiger partial charge in [0, 0.05) is 23.9 Å². The molecule has 0 saturated heterocycles. The molecule has 1 N–H and O–H groups in total. The van der Waals surface area contributed by atoms with Crippen LogP contribution in [0.2, 0.25) is 0 Å². The summed E-state index contributed by atoms with van der Waals surface area (Å²) in [6, 6.07) is 9.18. The van der Waals surface area contributed by atoms with Gasteiger partial charge in [-0.3, -0.25) is 9.69 Å². The highest BCUT2D eigenvalue weighted by Gasteiger charge is 2.33. The molecule has 0 aliphatic carbocycles. The van der Waals surface area contributed by atoms with Crippen molar-refractivity contribution in [2.75, 3.05) is 12.0 Å². The zero-order valence-electron chi connectivity index (χ0n) is 16.3. The van der Waals surface area contributed by atoms with Crippen LogP contribution >= 0.6 is 0 Å². The fraction of sp³-hybridized carbons (Fsp3) is 0.200. The summed E-state index contributed by atoms with van der Waals surface area (Å²) >= 11 is 0. The summed E-state index contributed by atoms with van der Waals surface area (Å²) in [6.07, 6.45) is 0. The second-order valence-corrected chi connectivity index (χ2v) is 6.77. The standard InChI is InChI=1S/C20H17F2N5O4/c1-31-15-6-4-14(5-7-15)25-10-17-24-26(20(30)27(17)19(25)29)11-18(28)23-9-12-2-3-13(21)8-16(12)22/h2-8H,9-11H2,1H3,(H,23,28). The molecular weight excluding hydrogens is 412 g/mol. The summed E-state index contributed by atoms with van der Waals surface area (Å²) < 4.78 is 33.5. The van der Waals surface area contributed by atoms with E-state index in [1.165, 1.54) is 18.1 Å². The number of amides is 2. The first-order valence-electron chi connectivity index (χ1n) is 9.22. The van der Waals surface area contributed by atoms with Gasteiger partial charge in [0.25, 0.3) is 0 Å². The zero-order valence-corrected chi connectivity index (χ0v) is 16.3. The first-order chi connectivity index (χ1) is 14.9. The molecule has 0 saturated carbocycles.